The molecule has 0 atom stereocenters. The first-order valence-electron chi connectivity index (χ1n) is 8.85. The molecule has 1 saturated heterocycles. The Labute approximate surface area is 151 Å². The Morgan fingerprint density at radius 3 is 2.69 bits per heavy atom. The second kappa shape index (κ2) is 6.57. The monoisotopic (exact) mass is 355 g/mol. The number of nitrogens with two attached hydrogens (primary N) is 1. The van der Waals surface area contributed by atoms with Gasteiger partial charge in [0.1, 0.15) is 11.6 Å². The van der Waals surface area contributed by atoms with Crippen LogP contribution in [0.25, 0.3) is 16.8 Å². The maximum Gasteiger partial charge on any atom is 0.158 e. The number of halogens is 1. The molecule has 1 fully saturated rings. The number of hydrogen-bond donors (Lipinski definition) is 1. The lowest BCUT2D eigenvalue weighted by atomic mass is 10.00. The van der Waals surface area contributed by atoms with Gasteiger partial charge in [0.25, 0.3) is 0 Å². The van der Waals surface area contributed by atoms with E-state index < -0.39 is 5.82 Å². The first-order chi connectivity index (χ1) is 12.6. The van der Waals surface area contributed by atoms with Crippen molar-refractivity contribution in [1.82, 2.24) is 14.6 Å². The van der Waals surface area contributed by atoms with Gasteiger partial charge in [-0.05, 0) is 47.9 Å². The van der Waals surface area contributed by atoms with E-state index in [1.807, 2.05) is 24.4 Å². The van der Waals surface area contributed by atoms with Gasteiger partial charge >= 0.3 is 0 Å². The number of rotatable bonds is 3. The number of hydrogen-bond acceptors (Lipinski definition) is 5. The molecule has 6 nitrogen and oxygen atoms in total. The molecule has 0 unspecified atom stereocenters. The first-order valence-corrected chi connectivity index (χ1v) is 8.85. The van der Waals surface area contributed by atoms with Crippen molar-refractivity contribution in [2.75, 3.05) is 36.9 Å². The highest BCUT2D eigenvalue weighted by Crippen LogP contribution is 2.31. The molecule has 136 valence electrons. The van der Waals surface area contributed by atoms with Crippen molar-refractivity contribution in [3.8, 4) is 11.1 Å². The highest BCUT2D eigenvalue weighted by atomic mass is 19.1. The zero-order valence-electron chi connectivity index (χ0n) is 15.0. The summed E-state index contributed by atoms with van der Waals surface area (Å²) >= 11 is 0. The van der Waals surface area contributed by atoms with E-state index in [9.17, 15) is 4.39 Å². The van der Waals surface area contributed by atoms with Gasteiger partial charge < -0.3 is 15.4 Å². The van der Waals surface area contributed by atoms with E-state index in [0.29, 0.717) is 13.2 Å². The minimum absolute atomic E-state index is 0.147. The molecular formula is C19H22FN5O. The predicted octanol–water partition coefficient (Wildman–Crippen LogP) is 2.83. The van der Waals surface area contributed by atoms with E-state index in [1.165, 1.54) is 6.07 Å². The highest BCUT2D eigenvalue weighted by Gasteiger charge is 2.19. The van der Waals surface area contributed by atoms with Gasteiger partial charge in [0.15, 0.2) is 11.5 Å². The van der Waals surface area contributed by atoms with E-state index in [0.717, 1.165) is 53.5 Å². The molecule has 0 amide bonds. The lowest BCUT2D eigenvalue weighted by molar-refractivity contribution is 0.122. The molecular weight excluding hydrogens is 333 g/mol. The fourth-order valence-electron chi connectivity index (χ4n) is 3.34. The fourth-order valence-corrected chi connectivity index (χ4v) is 3.34. The summed E-state index contributed by atoms with van der Waals surface area (Å²) in [5.74, 6) is 1.37. The lowest BCUT2D eigenvalue weighted by Crippen LogP contribution is -2.37. The summed E-state index contributed by atoms with van der Waals surface area (Å²) < 4.78 is 21.1. The average molecular weight is 355 g/mol. The van der Waals surface area contributed by atoms with Crippen molar-refractivity contribution in [2.24, 2.45) is 0 Å². The zero-order valence-corrected chi connectivity index (χ0v) is 15.0. The Morgan fingerprint density at radius 2 is 1.96 bits per heavy atom. The SMILES string of the molecule is CCc1nc2cc(-c3cc(N)c(F)cc3C)cc(N3CCOCC3)n2n1. The Balaban J connectivity index is 1.92. The normalized spacial score (nSPS) is 15.0. The van der Waals surface area contributed by atoms with Crippen LogP contribution in [0.4, 0.5) is 15.9 Å². The molecule has 4 rings (SSSR count). The third-order valence-electron chi connectivity index (χ3n) is 4.77. The number of benzene rings is 1. The maximum absolute atomic E-state index is 13.8. The molecule has 3 heterocycles. The van der Waals surface area contributed by atoms with E-state index in [4.69, 9.17) is 10.5 Å². The minimum atomic E-state index is -0.392. The van der Waals surface area contributed by atoms with Crippen molar-refractivity contribution in [3.63, 3.8) is 0 Å². The minimum Gasteiger partial charge on any atom is -0.396 e. The summed E-state index contributed by atoms with van der Waals surface area (Å²) in [4.78, 5) is 6.88. The second-order valence-electron chi connectivity index (χ2n) is 6.54. The lowest BCUT2D eigenvalue weighted by Gasteiger charge is -2.29. The molecule has 26 heavy (non-hydrogen) atoms. The third kappa shape index (κ3) is 2.88. The van der Waals surface area contributed by atoms with Gasteiger partial charge in [-0.3, -0.25) is 0 Å². The van der Waals surface area contributed by atoms with Crippen LogP contribution in [0.3, 0.4) is 0 Å². The summed E-state index contributed by atoms with van der Waals surface area (Å²) in [6, 6.07) is 7.23. The van der Waals surface area contributed by atoms with E-state index >= 15 is 0 Å². The van der Waals surface area contributed by atoms with Crippen LogP contribution in [-0.2, 0) is 11.2 Å². The Kier molecular flexibility index (Phi) is 4.24. The van der Waals surface area contributed by atoms with Crippen molar-refractivity contribution >= 4 is 17.2 Å². The number of fused-ring (bicyclic) bond motifs is 1. The van der Waals surface area contributed by atoms with Crippen LogP contribution in [0.5, 0.6) is 0 Å². The molecule has 0 bridgehead atoms. The Hall–Kier alpha value is -2.67. The number of aromatic nitrogens is 3. The van der Waals surface area contributed by atoms with E-state index in [-0.39, 0.29) is 5.69 Å². The molecule has 0 aliphatic carbocycles. The first kappa shape index (κ1) is 16.8. The predicted molar refractivity (Wildman–Crippen MR) is 99.9 cm³/mol. The van der Waals surface area contributed by atoms with Crippen molar-refractivity contribution in [1.29, 1.82) is 0 Å². The number of pyridine rings is 1. The topological polar surface area (TPSA) is 68.7 Å². The fraction of sp³-hybridized carbons (Fsp3) is 0.368. The largest absolute Gasteiger partial charge is 0.396 e. The van der Waals surface area contributed by atoms with Gasteiger partial charge in [0, 0.05) is 19.5 Å². The van der Waals surface area contributed by atoms with Gasteiger partial charge in [0.05, 0.1) is 18.9 Å². The van der Waals surface area contributed by atoms with Gasteiger partial charge in [-0.2, -0.15) is 4.52 Å². The smallest absolute Gasteiger partial charge is 0.158 e. The summed E-state index contributed by atoms with van der Waals surface area (Å²) in [6.45, 7) is 6.88. The Bertz CT molecular complexity index is 962. The van der Waals surface area contributed by atoms with Crippen molar-refractivity contribution < 1.29 is 9.13 Å². The summed E-state index contributed by atoms with van der Waals surface area (Å²) in [5, 5.41) is 4.63. The van der Waals surface area contributed by atoms with Crippen molar-refractivity contribution in [3.05, 3.63) is 41.5 Å². The number of morpholine rings is 1. The van der Waals surface area contributed by atoms with Gasteiger partial charge in [-0.1, -0.05) is 6.92 Å². The van der Waals surface area contributed by atoms with Crippen molar-refractivity contribution in [2.45, 2.75) is 20.3 Å². The number of nitrogen functional groups attached to an aromatic ring is 1. The molecule has 1 aromatic carbocycles. The summed E-state index contributed by atoms with van der Waals surface area (Å²) in [7, 11) is 0. The van der Waals surface area contributed by atoms with Gasteiger partial charge in [-0.15, -0.1) is 5.10 Å². The van der Waals surface area contributed by atoms with Crippen LogP contribution in [0.2, 0.25) is 0 Å². The molecule has 7 heteroatoms. The molecule has 2 N–H and O–H groups in total. The molecule has 0 saturated carbocycles. The maximum atomic E-state index is 13.8. The standard InChI is InChI=1S/C19H22FN5O/c1-3-17-22-18-9-13(14-11-16(21)15(20)8-12(14)2)10-19(25(18)23-17)24-4-6-26-7-5-24/h8-11H,3-7,21H2,1-2H3. The molecule has 1 aliphatic heterocycles. The summed E-state index contributed by atoms with van der Waals surface area (Å²) in [6.07, 6.45) is 0.766. The number of ether oxygens (including phenoxy) is 1. The molecule has 1 aliphatic rings. The number of aryl methyl sites for hydroxylation is 2. The van der Waals surface area contributed by atoms with Crippen LogP contribution in [0.1, 0.15) is 18.3 Å². The van der Waals surface area contributed by atoms with Crippen LogP contribution < -0.4 is 10.6 Å². The van der Waals surface area contributed by atoms with Gasteiger partial charge in [0.2, 0.25) is 0 Å². The quantitative estimate of drug-likeness (QED) is 0.732. The Morgan fingerprint density at radius 1 is 1.19 bits per heavy atom. The third-order valence-corrected chi connectivity index (χ3v) is 4.77. The van der Waals surface area contributed by atoms with Crippen LogP contribution >= 0.6 is 0 Å². The number of nitrogens with zero attached hydrogens (tertiary/aromatic N) is 4. The van der Waals surface area contributed by atoms with E-state index in [1.54, 1.807) is 6.07 Å². The number of anilines is 2. The summed E-state index contributed by atoms with van der Waals surface area (Å²) in [5.41, 5.74) is 9.44. The molecule has 0 radical (unpaired) electrons. The second-order valence-corrected chi connectivity index (χ2v) is 6.54. The zero-order chi connectivity index (χ0) is 18.3. The molecule has 0 spiro atoms. The highest BCUT2D eigenvalue weighted by molar-refractivity contribution is 5.76. The molecule has 3 aromatic rings. The van der Waals surface area contributed by atoms with Crippen LogP contribution in [-0.4, -0.2) is 40.9 Å². The molecule has 2 aromatic heterocycles. The average Bonchev–Trinajstić information content (AvgIpc) is 3.08. The van der Waals surface area contributed by atoms with Crippen LogP contribution in [0, 0.1) is 12.7 Å². The van der Waals surface area contributed by atoms with Crippen LogP contribution in [0.15, 0.2) is 24.3 Å². The van der Waals surface area contributed by atoms with Gasteiger partial charge in [-0.25, -0.2) is 9.37 Å². The van der Waals surface area contributed by atoms with E-state index in [2.05, 4.69) is 21.0 Å².